The van der Waals surface area contributed by atoms with Gasteiger partial charge in [0.1, 0.15) is 0 Å². The Morgan fingerprint density at radius 2 is 1.55 bits per heavy atom. The molecule has 2 aromatic carbocycles. The van der Waals surface area contributed by atoms with Crippen molar-refractivity contribution in [1.29, 1.82) is 0 Å². The van der Waals surface area contributed by atoms with Crippen LogP contribution in [-0.2, 0) is 5.41 Å². The molecule has 2 aromatic rings. The molecule has 0 amide bonds. The van der Waals surface area contributed by atoms with Crippen LogP contribution in [-0.4, -0.2) is 6.54 Å². The average Bonchev–Trinajstić information content (AvgIpc) is 2.44. The first-order chi connectivity index (χ1) is 9.51. The summed E-state index contributed by atoms with van der Waals surface area (Å²) in [5, 5.41) is 0. The third kappa shape index (κ3) is 1.93. The van der Waals surface area contributed by atoms with Crippen molar-refractivity contribution in [2.24, 2.45) is 5.92 Å². The van der Waals surface area contributed by atoms with E-state index in [9.17, 15) is 0 Å². The lowest BCUT2D eigenvalue weighted by atomic mass is 9.70. The Morgan fingerprint density at radius 3 is 2.25 bits per heavy atom. The summed E-state index contributed by atoms with van der Waals surface area (Å²) in [5.74, 6) is 0.622. The lowest BCUT2D eigenvalue weighted by Gasteiger charge is -2.45. The summed E-state index contributed by atoms with van der Waals surface area (Å²) in [4.78, 5) is 2.49. The molecule has 0 unspecified atom stereocenters. The van der Waals surface area contributed by atoms with Gasteiger partial charge in [0.25, 0.3) is 0 Å². The Bertz CT molecular complexity index is 627. The van der Waals surface area contributed by atoms with E-state index in [0.717, 1.165) is 6.54 Å². The number of aryl methyl sites for hydroxylation is 1. The van der Waals surface area contributed by atoms with Gasteiger partial charge < -0.3 is 4.90 Å². The fraction of sp³-hybridized carbons (Fsp3) is 0.368. The number of rotatable bonds is 1. The van der Waals surface area contributed by atoms with Gasteiger partial charge in [-0.3, -0.25) is 0 Å². The molecular formula is C19H23N. The van der Waals surface area contributed by atoms with Crippen LogP contribution in [0, 0.1) is 12.8 Å². The summed E-state index contributed by atoms with van der Waals surface area (Å²) < 4.78 is 0. The molecular weight excluding hydrogens is 242 g/mol. The van der Waals surface area contributed by atoms with Crippen molar-refractivity contribution >= 4 is 11.4 Å². The Labute approximate surface area is 122 Å². The highest BCUT2D eigenvalue weighted by atomic mass is 15.2. The normalized spacial score (nSPS) is 20.6. The van der Waals surface area contributed by atoms with Crippen molar-refractivity contribution in [3.05, 3.63) is 59.7 Å². The third-order valence-corrected chi connectivity index (χ3v) is 4.98. The third-order valence-electron chi connectivity index (χ3n) is 4.98. The van der Waals surface area contributed by atoms with E-state index in [2.05, 4.69) is 81.1 Å². The fourth-order valence-corrected chi connectivity index (χ4v) is 3.21. The standard InChI is InChI=1S/C19H23N/c1-14-9-5-7-11-17(14)20-13-15(2)19(3,4)16-10-6-8-12-18(16)20/h5-12,15H,13H2,1-4H3/t15-/m1/s1. The second kappa shape index (κ2) is 4.66. The molecule has 3 rings (SSSR count). The minimum Gasteiger partial charge on any atom is -0.341 e. The van der Waals surface area contributed by atoms with E-state index >= 15 is 0 Å². The predicted molar refractivity (Wildman–Crippen MR) is 86.8 cm³/mol. The predicted octanol–water partition coefficient (Wildman–Crippen LogP) is 5.06. The second-order valence-corrected chi connectivity index (χ2v) is 6.54. The van der Waals surface area contributed by atoms with Crippen molar-refractivity contribution in [1.82, 2.24) is 0 Å². The quantitative estimate of drug-likeness (QED) is 0.696. The average molecular weight is 265 g/mol. The molecule has 0 aromatic heterocycles. The number of fused-ring (bicyclic) bond motifs is 1. The molecule has 0 saturated heterocycles. The highest BCUT2D eigenvalue weighted by molar-refractivity contribution is 5.71. The van der Waals surface area contributed by atoms with Crippen molar-refractivity contribution in [3.8, 4) is 0 Å². The van der Waals surface area contributed by atoms with E-state index < -0.39 is 0 Å². The van der Waals surface area contributed by atoms with Gasteiger partial charge in [-0.25, -0.2) is 0 Å². The van der Waals surface area contributed by atoms with E-state index in [1.54, 1.807) is 0 Å². The van der Waals surface area contributed by atoms with Crippen molar-refractivity contribution in [2.45, 2.75) is 33.1 Å². The van der Waals surface area contributed by atoms with Gasteiger partial charge in [0.15, 0.2) is 0 Å². The lowest BCUT2D eigenvalue weighted by Crippen LogP contribution is -2.41. The molecule has 1 heterocycles. The summed E-state index contributed by atoms with van der Waals surface area (Å²) in [6.45, 7) is 10.4. The van der Waals surface area contributed by atoms with E-state index in [4.69, 9.17) is 0 Å². The topological polar surface area (TPSA) is 3.24 Å². The zero-order valence-corrected chi connectivity index (χ0v) is 12.9. The molecule has 20 heavy (non-hydrogen) atoms. The van der Waals surface area contributed by atoms with E-state index in [1.165, 1.54) is 22.5 Å². The monoisotopic (exact) mass is 265 g/mol. The summed E-state index contributed by atoms with van der Waals surface area (Å²) >= 11 is 0. The number of hydrogen-bond donors (Lipinski definition) is 0. The Kier molecular flexibility index (Phi) is 3.08. The second-order valence-electron chi connectivity index (χ2n) is 6.54. The summed E-state index contributed by atoms with van der Waals surface area (Å²) in [7, 11) is 0. The smallest absolute Gasteiger partial charge is 0.0449 e. The number of hydrogen-bond acceptors (Lipinski definition) is 1. The van der Waals surface area contributed by atoms with Crippen LogP contribution in [0.4, 0.5) is 11.4 Å². The fourth-order valence-electron chi connectivity index (χ4n) is 3.21. The van der Waals surface area contributed by atoms with Crippen LogP contribution in [0.3, 0.4) is 0 Å². The van der Waals surface area contributed by atoms with Crippen LogP contribution < -0.4 is 4.90 Å². The van der Waals surface area contributed by atoms with Crippen LogP contribution in [0.1, 0.15) is 31.9 Å². The van der Waals surface area contributed by atoms with E-state index in [-0.39, 0.29) is 5.41 Å². The number of benzene rings is 2. The molecule has 1 atom stereocenters. The Hall–Kier alpha value is -1.76. The summed E-state index contributed by atoms with van der Waals surface area (Å²) in [6.07, 6.45) is 0. The molecule has 1 aliphatic heterocycles. The first-order valence-electron chi connectivity index (χ1n) is 7.44. The van der Waals surface area contributed by atoms with Crippen LogP contribution in [0.25, 0.3) is 0 Å². The van der Waals surface area contributed by atoms with E-state index in [1.807, 2.05) is 0 Å². The van der Waals surface area contributed by atoms with Gasteiger partial charge in [-0.1, -0.05) is 57.2 Å². The van der Waals surface area contributed by atoms with Crippen molar-refractivity contribution in [3.63, 3.8) is 0 Å². The molecule has 0 fully saturated rings. The van der Waals surface area contributed by atoms with Crippen molar-refractivity contribution < 1.29 is 0 Å². The van der Waals surface area contributed by atoms with Gasteiger partial charge in [-0.2, -0.15) is 0 Å². The van der Waals surface area contributed by atoms with Crippen molar-refractivity contribution in [2.75, 3.05) is 11.4 Å². The Morgan fingerprint density at radius 1 is 0.950 bits per heavy atom. The molecule has 0 spiro atoms. The lowest BCUT2D eigenvalue weighted by molar-refractivity contribution is 0.336. The molecule has 1 aliphatic rings. The maximum atomic E-state index is 2.49. The summed E-state index contributed by atoms with van der Waals surface area (Å²) in [6, 6.07) is 17.5. The molecule has 0 saturated carbocycles. The highest BCUT2D eigenvalue weighted by Gasteiger charge is 2.37. The molecule has 0 bridgehead atoms. The Balaban J connectivity index is 2.18. The zero-order chi connectivity index (χ0) is 14.3. The molecule has 1 nitrogen and oxygen atoms in total. The summed E-state index contributed by atoms with van der Waals surface area (Å²) in [5.41, 5.74) is 5.74. The SMILES string of the molecule is Cc1ccccc1N1C[C@@H](C)C(C)(C)c2ccccc21. The van der Waals surface area contributed by atoms with Gasteiger partial charge in [0.05, 0.1) is 0 Å². The van der Waals surface area contributed by atoms with Gasteiger partial charge in [-0.15, -0.1) is 0 Å². The molecule has 0 radical (unpaired) electrons. The largest absolute Gasteiger partial charge is 0.341 e. The molecule has 0 N–H and O–H groups in total. The van der Waals surface area contributed by atoms with Gasteiger partial charge in [0, 0.05) is 17.9 Å². The van der Waals surface area contributed by atoms with Crippen LogP contribution in [0.5, 0.6) is 0 Å². The minimum atomic E-state index is 0.232. The zero-order valence-electron chi connectivity index (χ0n) is 12.9. The van der Waals surface area contributed by atoms with E-state index in [0.29, 0.717) is 5.92 Å². The van der Waals surface area contributed by atoms with Crippen LogP contribution in [0.15, 0.2) is 48.5 Å². The van der Waals surface area contributed by atoms with Crippen LogP contribution in [0.2, 0.25) is 0 Å². The number of para-hydroxylation sites is 2. The maximum absolute atomic E-state index is 2.49. The van der Waals surface area contributed by atoms with Gasteiger partial charge >= 0.3 is 0 Å². The van der Waals surface area contributed by atoms with Crippen LogP contribution >= 0.6 is 0 Å². The first kappa shape index (κ1) is 13.2. The van der Waals surface area contributed by atoms with Gasteiger partial charge in [0.2, 0.25) is 0 Å². The van der Waals surface area contributed by atoms with Gasteiger partial charge in [-0.05, 0) is 41.5 Å². The molecule has 104 valence electrons. The number of anilines is 2. The first-order valence-corrected chi connectivity index (χ1v) is 7.44. The number of nitrogens with zero attached hydrogens (tertiary/aromatic N) is 1. The molecule has 0 aliphatic carbocycles. The minimum absolute atomic E-state index is 0.232. The highest BCUT2D eigenvalue weighted by Crippen LogP contribution is 2.45. The molecule has 1 heteroatoms. The maximum Gasteiger partial charge on any atom is 0.0449 e.